The average molecular weight is 326 g/mol. The smallest absolute Gasteiger partial charge is 0.0193 e. The molecule has 0 saturated carbocycles. The minimum absolute atomic E-state index is 0.742. The Labute approximate surface area is 122 Å². The Morgan fingerprint density at radius 3 is 3.06 bits per heavy atom. The minimum atomic E-state index is 0.742. The van der Waals surface area contributed by atoms with E-state index in [0.717, 1.165) is 17.3 Å². The third-order valence-electron chi connectivity index (χ3n) is 4.18. The summed E-state index contributed by atoms with van der Waals surface area (Å²) in [6.07, 6.45) is 4.15. The van der Waals surface area contributed by atoms with Crippen LogP contribution in [0, 0.1) is 0 Å². The predicted octanol–water partition coefficient (Wildman–Crippen LogP) is 4.13. The fourth-order valence-corrected chi connectivity index (χ4v) is 5.11. The second-order valence-corrected chi connectivity index (χ2v) is 7.05. The van der Waals surface area contributed by atoms with Crippen LogP contribution < -0.4 is 0 Å². The van der Waals surface area contributed by atoms with Crippen LogP contribution in [0.3, 0.4) is 0 Å². The lowest BCUT2D eigenvalue weighted by Crippen LogP contribution is -2.42. The molecule has 1 aromatic rings. The molecule has 3 heteroatoms. The Balaban J connectivity index is 1.70. The first-order valence-electron chi connectivity index (χ1n) is 6.90. The molecule has 3 rings (SSSR count). The summed E-state index contributed by atoms with van der Waals surface area (Å²) in [5.74, 6) is 2.01. The molecule has 0 radical (unpaired) electrons. The molecule has 1 fully saturated rings. The van der Waals surface area contributed by atoms with Crippen molar-refractivity contribution in [1.82, 2.24) is 4.90 Å². The second-order valence-electron chi connectivity index (χ2n) is 5.34. The molecule has 1 saturated heterocycles. The SMILES string of the molecule is BrCC1CCCCN1CC1CSc2ccccc21. The van der Waals surface area contributed by atoms with Crippen LogP contribution in [-0.4, -0.2) is 35.1 Å². The lowest BCUT2D eigenvalue weighted by atomic mass is 9.97. The first-order chi connectivity index (χ1) is 8.88. The van der Waals surface area contributed by atoms with E-state index in [9.17, 15) is 0 Å². The van der Waals surface area contributed by atoms with E-state index in [1.807, 2.05) is 11.8 Å². The highest BCUT2D eigenvalue weighted by Gasteiger charge is 2.28. The van der Waals surface area contributed by atoms with Gasteiger partial charge in [0.15, 0.2) is 0 Å². The van der Waals surface area contributed by atoms with Crippen LogP contribution in [0.4, 0.5) is 0 Å². The van der Waals surface area contributed by atoms with Crippen LogP contribution >= 0.6 is 27.7 Å². The monoisotopic (exact) mass is 325 g/mol. The van der Waals surface area contributed by atoms with Crippen LogP contribution in [0.1, 0.15) is 30.7 Å². The van der Waals surface area contributed by atoms with E-state index in [1.165, 1.54) is 43.0 Å². The highest BCUT2D eigenvalue weighted by Crippen LogP contribution is 2.40. The number of piperidine rings is 1. The maximum Gasteiger partial charge on any atom is 0.0193 e. The van der Waals surface area contributed by atoms with Gasteiger partial charge in [0, 0.05) is 34.5 Å². The van der Waals surface area contributed by atoms with Crippen LogP contribution in [0.15, 0.2) is 29.2 Å². The molecule has 2 unspecified atom stereocenters. The highest BCUT2D eigenvalue weighted by molar-refractivity contribution is 9.09. The van der Waals surface area contributed by atoms with E-state index in [1.54, 1.807) is 5.56 Å². The van der Waals surface area contributed by atoms with E-state index in [0.29, 0.717) is 0 Å². The first kappa shape index (κ1) is 13.0. The summed E-state index contributed by atoms with van der Waals surface area (Å²) in [6.45, 7) is 2.54. The molecule has 1 nitrogen and oxygen atoms in total. The van der Waals surface area contributed by atoms with E-state index >= 15 is 0 Å². The molecule has 1 aromatic carbocycles. The van der Waals surface area contributed by atoms with E-state index in [-0.39, 0.29) is 0 Å². The molecule has 0 bridgehead atoms. The van der Waals surface area contributed by atoms with Crippen molar-refractivity contribution in [3.63, 3.8) is 0 Å². The minimum Gasteiger partial charge on any atom is -0.299 e. The zero-order valence-corrected chi connectivity index (χ0v) is 13.0. The van der Waals surface area contributed by atoms with Gasteiger partial charge in [-0.1, -0.05) is 40.5 Å². The number of thioether (sulfide) groups is 1. The molecule has 98 valence electrons. The van der Waals surface area contributed by atoms with Crippen LogP contribution in [0.5, 0.6) is 0 Å². The van der Waals surface area contributed by atoms with Gasteiger partial charge in [-0.3, -0.25) is 4.90 Å². The molecule has 0 aliphatic carbocycles. The number of benzene rings is 1. The zero-order valence-electron chi connectivity index (χ0n) is 10.6. The molecule has 0 aromatic heterocycles. The Hall–Kier alpha value is 0.0100. The van der Waals surface area contributed by atoms with Crippen LogP contribution in [-0.2, 0) is 0 Å². The van der Waals surface area contributed by atoms with Crippen molar-refractivity contribution < 1.29 is 0 Å². The van der Waals surface area contributed by atoms with Gasteiger partial charge in [-0.05, 0) is 31.0 Å². The molecular formula is C15H20BrNS. The van der Waals surface area contributed by atoms with Gasteiger partial charge in [0.25, 0.3) is 0 Å². The molecule has 2 aliphatic rings. The van der Waals surface area contributed by atoms with Gasteiger partial charge in [0.05, 0.1) is 0 Å². The largest absolute Gasteiger partial charge is 0.299 e. The third kappa shape index (κ3) is 2.63. The number of fused-ring (bicyclic) bond motifs is 1. The number of likely N-dealkylation sites (tertiary alicyclic amines) is 1. The molecule has 18 heavy (non-hydrogen) atoms. The van der Waals surface area contributed by atoms with Crippen molar-refractivity contribution in [2.45, 2.75) is 36.1 Å². The predicted molar refractivity (Wildman–Crippen MR) is 82.9 cm³/mol. The fraction of sp³-hybridized carbons (Fsp3) is 0.600. The average Bonchev–Trinajstić information content (AvgIpc) is 2.83. The van der Waals surface area contributed by atoms with Gasteiger partial charge in [-0.2, -0.15) is 0 Å². The Kier molecular flexibility index (Phi) is 4.32. The Morgan fingerprint density at radius 2 is 2.17 bits per heavy atom. The molecule has 0 spiro atoms. The van der Waals surface area contributed by atoms with Crippen molar-refractivity contribution in [2.75, 3.05) is 24.2 Å². The topological polar surface area (TPSA) is 3.24 Å². The van der Waals surface area contributed by atoms with Crippen LogP contribution in [0.2, 0.25) is 0 Å². The zero-order chi connectivity index (χ0) is 12.4. The number of hydrogen-bond acceptors (Lipinski definition) is 2. The van der Waals surface area contributed by atoms with Crippen molar-refractivity contribution in [2.24, 2.45) is 0 Å². The number of rotatable bonds is 3. The van der Waals surface area contributed by atoms with Gasteiger partial charge >= 0.3 is 0 Å². The van der Waals surface area contributed by atoms with Gasteiger partial charge < -0.3 is 0 Å². The van der Waals surface area contributed by atoms with Crippen molar-refractivity contribution >= 4 is 27.7 Å². The molecule has 0 N–H and O–H groups in total. The molecular weight excluding hydrogens is 306 g/mol. The quantitative estimate of drug-likeness (QED) is 0.769. The summed E-state index contributed by atoms with van der Waals surface area (Å²) in [7, 11) is 0. The maximum atomic E-state index is 3.69. The summed E-state index contributed by atoms with van der Waals surface area (Å²) in [4.78, 5) is 4.22. The second kappa shape index (κ2) is 5.98. The number of alkyl halides is 1. The standard InChI is InChI=1S/C15H20BrNS/c16-9-13-5-3-4-8-17(13)10-12-11-18-15-7-2-1-6-14(12)15/h1-2,6-7,12-13H,3-5,8-11H2. The van der Waals surface area contributed by atoms with Gasteiger partial charge in [0.1, 0.15) is 0 Å². The summed E-state index contributed by atoms with van der Waals surface area (Å²) >= 11 is 5.72. The molecule has 2 atom stereocenters. The number of halogens is 1. The van der Waals surface area contributed by atoms with Gasteiger partial charge in [-0.15, -0.1) is 11.8 Å². The van der Waals surface area contributed by atoms with Gasteiger partial charge in [0.2, 0.25) is 0 Å². The summed E-state index contributed by atoms with van der Waals surface area (Å²) in [5, 5.41) is 1.13. The molecule has 2 aliphatic heterocycles. The number of nitrogens with zero attached hydrogens (tertiary/aromatic N) is 1. The molecule has 0 amide bonds. The fourth-order valence-electron chi connectivity index (χ4n) is 3.14. The summed E-state index contributed by atoms with van der Waals surface area (Å²) in [5.41, 5.74) is 1.58. The molecule has 2 heterocycles. The lowest BCUT2D eigenvalue weighted by Gasteiger charge is -2.36. The van der Waals surface area contributed by atoms with E-state index < -0.39 is 0 Å². The lowest BCUT2D eigenvalue weighted by molar-refractivity contribution is 0.158. The van der Waals surface area contributed by atoms with E-state index in [2.05, 4.69) is 45.1 Å². The third-order valence-corrected chi connectivity index (χ3v) is 6.18. The number of hydrogen-bond donors (Lipinski definition) is 0. The summed E-state index contributed by atoms with van der Waals surface area (Å²) < 4.78 is 0. The summed E-state index contributed by atoms with van der Waals surface area (Å²) in [6, 6.07) is 9.72. The van der Waals surface area contributed by atoms with Crippen molar-refractivity contribution in [3.05, 3.63) is 29.8 Å². The Bertz CT molecular complexity index is 409. The van der Waals surface area contributed by atoms with E-state index in [4.69, 9.17) is 0 Å². The highest BCUT2D eigenvalue weighted by atomic mass is 79.9. The van der Waals surface area contributed by atoms with Crippen molar-refractivity contribution in [3.8, 4) is 0 Å². The van der Waals surface area contributed by atoms with Crippen LogP contribution in [0.25, 0.3) is 0 Å². The first-order valence-corrected chi connectivity index (χ1v) is 9.01. The normalized spacial score (nSPS) is 28.3. The van der Waals surface area contributed by atoms with Gasteiger partial charge in [-0.25, -0.2) is 0 Å². The van der Waals surface area contributed by atoms with Crippen molar-refractivity contribution in [1.29, 1.82) is 0 Å². The maximum absolute atomic E-state index is 3.69. The Morgan fingerprint density at radius 1 is 1.28 bits per heavy atom.